The molecule has 1 aliphatic heterocycles. The van der Waals surface area contributed by atoms with Crippen molar-refractivity contribution >= 4 is 27.9 Å². The molecule has 0 spiro atoms. The Kier molecular flexibility index (Phi) is 2.95. The fourth-order valence-corrected chi connectivity index (χ4v) is 2.04. The first-order valence-corrected chi connectivity index (χ1v) is 5.62. The van der Waals surface area contributed by atoms with Crippen LogP contribution in [0.3, 0.4) is 0 Å². The van der Waals surface area contributed by atoms with Gasteiger partial charge in [0, 0.05) is 26.2 Å². The van der Waals surface area contributed by atoms with E-state index in [0.717, 1.165) is 10.2 Å². The van der Waals surface area contributed by atoms with Gasteiger partial charge in [0.05, 0.1) is 16.7 Å². The summed E-state index contributed by atoms with van der Waals surface area (Å²) in [4.78, 5) is 24.0. The van der Waals surface area contributed by atoms with Gasteiger partial charge < -0.3 is 4.90 Å². The summed E-state index contributed by atoms with van der Waals surface area (Å²) in [6.07, 6.45) is 2.17. The number of aryl methyl sites for hydroxylation is 1. The van der Waals surface area contributed by atoms with Crippen LogP contribution in [0.1, 0.15) is 12.1 Å². The minimum atomic E-state index is -0.353. The van der Waals surface area contributed by atoms with Gasteiger partial charge in [0.2, 0.25) is 5.91 Å². The van der Waals surface area contributed by atoms with E-state index in [4.69, 9.17) is 0 Å². The van der Waals surface area contributed by atoms with E-state index in [2.05, 4.69) is 26.3 Å². The normalized spacial score (nSPS) is 16.5. The predicted octanol–water partition coefficient (Wildman–Crippen LogP) is 0.625. The van der Waals surface area contributed by atoms with E-state index in [1.54, 1.807) is 9.58 Å². The highest BCUT2D eigenvalue weighted by Crippen LogP contribution is 2.17. The van der Waals surface area contributed by atoms with Crippen LogP contribution in [0.4, 0.5) is 4.79 Å². The molecule has 3 amide bonds. The summed E-state index contributed by atoms with van der Waals surface area (Å²) in [5.41, 5.74) is 0.784. The second-order valence-electron chi connectivity index (χ2n) is 3.62. The standard InChI is InChI=1S/C9H11BrN4O2/c1-13-4-6(10)7(12-13)5-14-3-2-8(15)11-9(14)16/h4H,2-3,5H2,1H3,(H,11,15,16). The molecule has 1 N–H and O–H groups in total. The lowest BCUT2D eigenvalue weighted by Crippen LogP contribution is -2.48. The minimum absolute atomic E-state index is 0.221. The Hall–Kier alpha value is -1.37. The summed E-state index contributed by atoms with van der Waals surface area (Å²) >= 11 is 3.37. The Balaban J connectivity index is 2.07. The molecule has 0 saturated carbocycles. The van der Waals surface area contributed by atoms with Gasteiger partial charge in [-0.15, -0.1) is 0 Å². The zero-order chi connectivity index (χ0) is 11.7. The Morgan fingerprint density at radius 3 is 2.88 bits per heavy atom. The largest absolute Gasteiger partial charge is 0.324 e. The molecule has 0 aromatic carbocycles. The molecule has 7 heteroatoms. The van der Waals surface area contributed by atoms with Crippen LogP contribution in [0.2, 0.25) is 0 Å². The number of carbonyl (C=O) groups is 2. The highest BCUT2D eigenvalue weighted by Gasteiger charge is 2.24. The molecule has 6 nitrogen and oxygen atoms in total. The average Bonchev–Trinajstić information content (AvgIpc) is 2.50. The molecule has 1 saturated heterocycles. The molecule has 2 rings (SSSR count). The van der Waals surface area contributed by atoms with Crippen LogP contribution in [0, 0.1) is 0 Å². The molecule has 0 bridgehead atoms. The van der Waals surface area contributed by atoms with Gasteiger partial charge in [0.15, 0.2) is 0 Å². The summed E-state index contributed by atoms with van der Waals surface area (Å²) in [6, 6.07) is -0.353. The highest BCUT2D eigenvalue weighted by molar-refractivity contribution is 9.10. The van der Waals surface area contributed by atoms with Crippen molar-refractivity contribution in [2.75, 3.05) is 6.54 Å². The smallest absolute Gasteiger partial charge is 0.318 e. The van der Waals surface area contributed by atoms with Gasteiger partial charge in [-0.05, 0) is 15.9 Å². The number of nitrogens with zero attached hydrogens (tertiary/aromatic N) is 3. The Morgan fingerprint density at radius 1 is 1.56 bits per heavy atom. The average molecular weight is 287 g/mol. The molecule has 0 radical (unpaired) electrons. The maximum absolute atomic E-state index is 11.5. The van der Waals surface area contributed by atoms with Crippen LogP contribution in [-0.2, 0) is 18.4 Å². The summed E-state index contributed by atoms with van der Waals surface area (Å²) in [5, 5.41) is 6.50. The van der Waals surface area contributed by atoms with Crippen molar-refractivity contribution in [1.82, 2.24) is 20.0 Å². The maximum Gasteiger partial charge on any atom is 0.324 e. The molecule has 1 aromatic rings. The summed E-state index contributed by atoms with van der Waals surface area (Å²) in [7, 11) is 1.81. The first-order chi connectivity index (χ1) is 7.56. The molecular weight excluding hydrogens is 276 g/mol. The van der Waals surface area contributed by atoms with E-state index in [0.29, 0.717) is 19.5 Å². The van der Waals surface area contributed by atoms with E-state index in [-0.39, 0.29) is 11.9 Å². The Bertz CT molecular complexity index is 443. The topological polar surface area (TPSA) is 67.2 Å². The van der Waals surface area contributed by atoms with Gasteiger partial charge in [-0.1, -0.05) is 0 Å². The van der Waals surface area contributed by atoms with E-state index in [1.165, 1.54) is 0 Å². The van der Waals surface area contributed by atoms with Crippen molar-refractivity contribution in [1.29, 1.82) is 0 Å². The summed E-state index contributed by atoms with van der Waals surface area (Å²) in [5.74, 6) is -0.221. The molecule has 0 atom stereocenters. The number of urea groups is 1. The third kappa shape index (κ3) is 2.24. The SMILES string of the molecule is Cn1cc(Br)c(CN2CCC(=O)NC2=O)n1. The fourth-order valence-electron chi connectivity index (χ4n) is 1.54. The van der Waals surface area contributed by atoms with Gasteiger partial charge in [-0.3, -0.25) is 14.8 Å². The van der Waals surface area contributed by atoms with Crippen LogP contribution in [-0.4, -0.2) is 33.2 Å². The minimum Gasteiger partial charge on any atom is -0.318 e. The number of aromatic nitrogens is 2. The van der Waals surface area contributed by atoms with E-state index >= 15 is 0 Å². The summed E-state index contributed by atoms with van der Waals surface area (Å²) in [6.45, 7) is 0.841. The fraction of sp³-hybridized carbons (Fsp3) is 0.444. The molecule has 1 aliphatic rings. The van der Waals surface area contributed by atoms with Crippen molar-refractivity contribution in [3.05, 3.63) is 16.4 Å². The number of hydrogen-bond donors (Lipinski definition) is 1. The lowest BCUT2D eigenvalue weighted by molar-refractivity contribution is -0.121. The van der Waals surface area contributed by atoms with Gasteiger partial charge >= 0.3 is 6.03 Å². The number of halogens is 1. The number of nitrogens with one attached hydrogen (secondary N) is 1. The maximum atomic E-state index is 11.5. The third-order valence-electron chi connectivity index (χ3n) is 2.34. The van der Waals surface area contributed by atoms with Crippen LogP contribution >= 0.6 is 15.9 Å². The molecule has 0 unspecified atom stereocenters. The number of hydrogen-bond acceptors (Lipinski definition) is 3. The first-order valence-electron chi connectivity index (χ1n) is 4.83. The van der Waals surface area contributed by atoms with Crippen molar-refractivity contribution in [3.8, 4) is 0 Å². The number of amides is 3. The van der Waals surface area contributed by atoms with Crippen LogP contribution < -0.4 is 5.32 Å². The zero-order valence-electron chi connectivity index (χ0n) is 8.73. The van der Waals surface area contributed by atoms with Crippen molar-refractivity contribution in [2.24, 2.45) is 7.05 Å². The molecule has 2 heterocycles. The second kappa shape index (κ2) is 4.25. The third-order valence-corrected chi connectivity index (χ3v) is 3.00. The number of rotatable bonds is 2. The monoisotopic (exact) mass is 286 g/mol. The predicted molar refractivity (Wildman–Crippen MR) is 59.5 cm³/mol. The quantitative estimate of drug-likeness (QED) is 0.867. The molecule has 16 heavy (non-hydrogen) atoms. The van der Waals surface area contributed by atoms with Crippen LogP contribution in [0.25, 0.3) is 0 Å². The van der Waals surface area contributed by atoms with E-state index in [9.17, 15) is 9.59 Å². The van der Waals surface area contributed by atoms with Gasteiger partial charge in [0.1, 0.15) is 0 Å². The second-order valence-corrected chi connectivity index (χ2v) is 4.48. The van der Waals surface area contributed by atoms with Gasteiger partial charge in [-0.25, -0.2) is 4.79 Å². The number of imide groups is 1. The van der Waals surface area contributed by atoms with E-state index < -0.39 is 0 Å². The Morgan fingerprint density at radius 2 is 2.31 bits per heavy atom. The number of carbonyl (C=O) groups excluding carboxylic acids is 2. The van der Waals surface area contributed by atoms with Crippen LogP contribution in [0.15, 0.2) is 10.7 Å². The van der Waals surface area contributed by atoms with E-state index in [1.807, 2.05) is 13.2 Å². The highest BCUT2D eigenvalue weighted by atomic mass is 79.9. The lowest BCUT2D eigenvalue weighted by atomic mass is 10.3. The van der Waals surface area contributed by atoms with Gasteiger partial charge in [-0.2, -0.15) is 5.10 Å². The van der Waals surface area contributed by atoms with Crippen molar-refractivity contribution < 1.29 is 9.59 Å². The molecule has 1 aromatic heterocycles. The van der Waals surface area contributed by atoms with Gasteiger partial charge in [0.25, 0.3) is 0 Å². The first kappa shape index (κ1) is 11.1. The van der Waals surface area contributed by atoms with Crippen molar-refractivity contribution in [3.63, 3.8) is 0 Å². The van der Waals surface area contributed by atoms with Crippen molar-refractivity contribution in [2.45, 2.75) is 13.0 Å². The Labute approximate surface area is 101 Å². The molecule has 86 valence electrons. The van der Waals surface area contributed by atoms with Crippen LogP contribution in [0.5, 0.6) is 0 Å². The molecular formula is C9H11BrN4O2. The molecule has 0 aliphatic carbocycles. The zero-order valence-corrected chi connectivity index (χ0v) is 10.3. The summed E-state index contributed by atoms with van der Waals surface area (Å²) < 4.78 is 2.53. The molecule has 1 fully saturated rings. The lowest BCUT2D eigenvalue weighted by Gasteiger charge is -2.25.